The van der Waals surface area contributed by atoms with Crippen LogP contribution in [0.25, 0.3) is 0 Å². The summed E-state index contributed by atoms with van der Waals surface area (Å²) in [6.07, 6.45) is -5.35. The fraction of sp³-hybridized carbons (Fsp3) is 0.875. The van der Waals surface area contributed by atoms with Crippen LogP contribution in [0.5, 0.6) is 0 Å². The number of nitrogens with two attached hydrogens (primary N) is 1. The summed E-state index contributed by atoms with van der Waals surface area (Å²) in [6.45, 7) is 11.5. The van der Waals surface area contributed by atoms with Gasteiger partial charge in [-0.1, -0.05) is 48.0 Å². The summed E-state index contributed by atoms with van der Waals surface area (Å²) in [4.78, 5) is 50.4. The Morgan fingerprint density at radius 3 is 2.26 bits per heavy atom. The molecule has 1 saturated heterocycles. The maximum Gasteiger partial charge on any atom is 0.306 e. The van der Waals surface area contributed by atoms with Crippen molar-refractivity contribution in [2.75, 3.05) is 13.3 Å². The van der Waals surface area contributed by atoms with E-state index in [4.69, 9.17) is 33.0 Å². The van der Waals surface area contributed by atoms with Crippen molar-refractivity contribution in [3.05, 3.63) is 0 Å². The van der Waals surface area contributed by atoms with Gasteiger partial charge in [0.15, 0.2) is 37.0 Å². The van der Waals surface area contributed by atoms with Gasteiger partial charge in [-0.2, -0.15) is 0 Å². The van der Waals surface area contributed by atoms with Gasteiger partial charge >= 0.3 is 17.9 Å². The quantitative estimate of drug-likeness (QED) is 0.0284. The zero-order valence-electron chi connectivity index (χ0n) is 30.7. The number of carbonyl (C=O) groups excluding carboxylic acids is 3. The predicted molar refractivity (Wildman–Crippen MR) is 178 cm³/mol. The lowest BCUT2D eigenvalue weighted by molar-refractivity contribution is -0.778. The van der Waals surface area contributed by atoms with Gasteiger partial charge in [0.2, 0.25) is 5.91 Å². The summed E-state index contributed by atoms with van der Waals surface area (Å²) in [5.74, 6) is -3.79. The molecule has 0 bridgehead atoms. The number of hydrogen-bond donors (Lipinski definition) is 3. The van der Waals surface area contributed by atoms with E-state index in [1.807, 2.05) is 0 Å². The normalized spacial score (nSPS) is 34.3. The highest BCUT2D eigenvalue weighted by atomic mass is 32.2. The number of amides is 1. The molecule has 19 nitrogen and oxygen atoms in total. The molecule has 3 fully saturated rings. The minimum absolute atomic E-state index is 0.0349. The number of aliphatic carboxylic acids is 1. The van der Waals surface area contributed by atoms with E-state index < -0.39 is 78.6 Å². The van der Waals surface area contributed by atoms with Gasteiger partial charge in [0.05, 0.1) is 25.1 Å². The number of hydrogen-bond acceptors (Lipinski definition) is 19. The van der Waals surface area contributed by atoms with E-state index in [9.17, 15) is 34.8 Å². The standard InChI is InChI=1S/C32H54N2O17S2/c1-7-31(5)11-10-21-20(29(38)39)13-19(14-32(21,6)18(31)4)43-30-28(45-25(37)12-17(2)3)27(47-53-51-49-41)26(46-52-50-48-40)22(44-30)15-42-24(36)9-8-23(35)34-16-33/h17-22,26-28,30,40-41H,7-16,33H2,1-6H3,(H,34,35)(H,38,39)/p-2. The van der Waals surface area contributed by atoms with Crippen LogP contribution in [-0.2, 0) is 65.2 Å². The summed E-state index contributed by atoms with van der Waals surface area (Å²) in [5, 5.41) is 40.9. The second kappa shape index (κ2) is 21.4. The number of rotatable bonds is 21. The molecule has 1 aliphatic heterocycles. The number of nitrogens with one attached hydrogen (secondary N) is 1. The smallest absolute Gasteiger partial charge is 0.306 e. The van der Waals surface area contributed by atoms with Crippen molar-refractivity contribution in [2.45, 2.75) is 130 Å². The maximum absolute atomic E-state index is 13.2. The van der Waals surface area contributed by atoms with Crippen LogP contribution in [0.3, 0.4) is 0 Å². The molecular formula is C32H52N2O17S2-2. The van der Waals surface area contributed by atoms with Crippen molar-refractivity contribution < 1.29 is 80.9 Å². The maximum atomic E-state index is 13.2. The lowest BCUT2D eigenvalue weighted by Gasteiger charge is -2.60. The molecule has 0 spiro atoms. The van der Waals surface area contributed by atoms with Gasteiger partial charge in [-0.05, 0) is 54.3 Å². The molecule has 53 heavy (non-hydrogen) atoms. The van der Waals surface area contributed by atoms with E-state index in [-0.39, 0.29) is 80.2 Å². The SMILES string of the molecule is CCC1(C)CCC2C(C(=O)O)CC(OC3OC(COC(=O)CCC(=O)NCN)C(OSOO[O-])C(OSOO[O-])C3OC(=O)CC(C)C)CC2(C)C1C. The number of ether oxygens (including phenoxy) is 4. The Bertz CT molecular complexity index is 1200. The Labute approximate surface area is 317 Å². The number of carboxylic acid groups (broad SMARTS) is 1. The van der Waals surface area contributed by atoms with Gasteiger partial charge in [0, 0.05) is 12.8 Å². The number of carbonyl (C=O) groups is 4. The molecule has 4 N–H and O–H groups in total. The van der Waals surface area contributed by atoms with Gasteiger partial charge in [-0.3, -0.25) is 37.6 Å². The van der Waals surface area contributed by atoms with E-state index in [2.05, 4.69) is 51.8 Å². The van der Waals surface area contributed by atoms with Crippen LogP contribution in [0.2, 0.25) is 0 Å². The second-order valence-corrected chi connectivity index (χ2v) is 15.6. The Morgan fingerprint density at radius 1 is 1.02 bits per heavy atom. The van der Waals surface area contributed by atoms with Gasteiger partial charge in [0.25, 0.3) is 0 Å². The van der Waals surface area contributed by atoms with Crippen molar-refractivity contribution in [1.29, 1.82) is 0 Å². The third kappa shape index (κ3) is 12.3. The Hall–Kier alpha value is -1.86. The summed E-state index contributed by atoms with van der Waals surface area (Å²) in [6, 6.07) is 0. The molecular weight excluding hydrogens is 748 g/mol. The number of fused-ring (bicyclic) bond motifs is 1. The molecule has 11 unspecified atom stereocenters. The lowest BCUT2D eigenvalue weighted by atomic mass is 9.46. The summed E-state index contributed by atoms with van der Waals surface area (Å²) in [7, 11) is 0. The van der Waals surface area contributed by atoms with Crippen molar-refractivity contribution in [3.8, 4) is 0 Å². The highest BCUT2D eigenvalue weighted by Gasteiger charge is 2.59. The summed E-state index contributed by atoms with van der Waals surface area (Å²) in [5.41, 5.74) is 4.81. The number of esters is 2. The first kappa shape index (κ1) is 45.5. The molecule has 0 aromatic carbocycles. The van der Waals surface area contributed by atoms with E-state index >= 15 is 0 Å². The summed E-state index contributed by atoms with van der Waals surface area (Å²) < 4.78 is 44.1. The van der Waals surface area contributed by atoms with E-state index in [1.165, 1.54) is 0 Å². The van der Waals surface area contributed by atoms with Crippen LogP contribution >= 0.6 is 24.6 Å². The molecule has 3 aliphatic rings. The average Bonchev–Trinajstić information content (AvgIpc) is 3.10. The highest BCUT2D eigenvalue weighted by molar-refractivity contribution is 7.90. The van der Waals surface area contributed by atoms with E-state index in [0.717, 1.165) is 19.3 Å². The van der Waals surface area contributed by atoms with E-state index in [1.54, 1.807) is 13.8 Å². The van der Waals surface area contributed by atoms with Crippen molar-refractivity contribution in [3.63, 3.8) is 0 Å². The highest BCUT2D eigenvalue weighted by Crippen LogP contribution is 2.62. The molecule has 3 rings (SSSR count). The van der Waals surface area contributed by atoms with Gasteiger partial charge in [-0.25, -0.2) is 0 Å². The average molecular weight is 801 g/mol. The molecule has 21 heteroatoms. The largest absolute Gasteiger partial charge is 0.691 e. The van der Waals surface area contributed by atoms with Crippen LogP contribution in [0.15, 0.2) is 0 Å². The molecule has 306 valence electrons. The molecule has 2 aliphatic carbocycles. The topological polar surface area (TPSA) is 265 Å². The van der Waals surface area contributed by atoms with Crippen LogP contribution in [0, 0.1) is 34.5 Å². The van der Waals surface area contributed by atoms with Crippen molar-refractivity contribution in [2.24, 2.45) is 40.2 Å². The summed E-state index contributed by atoms with van der Waals surface area (Å²) >= 11 is 0.115. The minimum Gasteiger partial charge on any atom is -0.691 e. The Kier molecular flexibility index (Phi) is 18.4. The molecule has 2 saturated carbocycles. The molecule has 0 aromatic heterocycles. The molecule has 11 atom stereocenters. The van der Waals surface area contributed by atoms with Crippen molar-refractivity contribution in [1.82, 2.24) is 5.32 Å². The van der Waals surface area contributed by atoms with Crippen LogP contribution in [-0.4, -0.2) is 79.0 Å². The fourth-order valence-electron chi connectivity index (χ4n) is 8.02. The first-order valence-corrected chi connectivity index (χ1v) is 18.9. The van der Waals surface area contributed by atoms with E-state index in [0.29, 0.717) is 6.42 Å². The lowest BCUT2D eigenvalue weighted by Crippen LogP contribution is -2.63. The zero-order chi connectivity index (χ0) is 39.3. The fourth-order valence-corrected chi connectivity index (χ4v) is 8.77. The molecule has 1 amide bonds. The molecule has 1 heterocycles. The third-order valence-electron chi connectivity index (χ3n) is 11.1. The first-order chi connectivity index (χ1) is 25.1. The molecule has 0 aromatic rings. The van der Waals surface area contributed by atoms with Gasteiger partial charge < -0.3 is 45.6 Å². The van der Waals surface area contributed by atoms with Gasteiger partial charge in [0.1, 0.15) is 24.9 Å². The zero-order valence-corrected chi connectivity index (χ0v) is 32.4. The Balaban J connectivity index is 2.01. The van der Waals surface area contributed by atoms with Crippen molar-refractivity contribution >= 4 is 48.5 Å². The Morgan fingerprint density at radius 2 is 1.68 bits per heavy atom. The minimum atomic E-state index is -1.48. The van der Waals surface area contributed by atoms with Crippen LogP contribution < -0.4 is 21.6 Å². The molecule has 0 radical (unpaired) electrons. The number of carboxylic acids is 1. The van der Waals surface area contributed by atoms with Crippen LogP contribution in [0.4, 0.5) is 0 Å². The predicted octanol–water partition coefficient (Wildman–Crippen LogP) is 1.72. The monoisotopic (exact) mass is 800 g/mol. The van der Waals surface area contributed by atoms with Crippen LogP contribution in [0.1, 0.15) is 92.9 Å². The van der Waals surface area contributed by atoms with Gasteiger partial charge in [-0.15, -0.1) is 8.67 Å². The second-order valence-electron chi connectivity index (χ2n) is 14.6. The third-order valence-corrected chi connectivity index (χ3v) is 12.0. The first-order valence-electron chi connectivity index (χ1n) is 17.6.